The molecule has 3 aromatic rings. The molecule has 0 saturated heterocycles. The van der Waals surface area contributed by atoms with Gasteiger partial charge in [0.25, 0.3) is 0 Å². The fourth-order valence-corrected chi connectivity index (χ4v) is 3.10. The predicted octanol–water partition coefficient (Wildman–Crippen LogP) is 4.76. The molecule has 0 aliphatic heterocycles. The summed E-state index contributed by atoms with van der Waals surface area (Å²) in [7, 11) is 0. The summed E-state index contributed by atoms with van der Waals surface area (Å²) in [4.78, 5) is 15.4. The Bertz CT molecular complexity index is 878. The number of halogens is 2. The topological polar surface area (TPSA) is 44.9 Å². The first-order valence-corrected chi connectivity index (χ1v) is 7.64. The molecule has 3 rings (SSSR count). The van der Waals surface area contributed by atoms with Gasteiger partial charge in [-0.25, -0.2) is 4.39 Å². The fourth-order valence-electron chi connectivity index (χ4n) is 2.73. The van der Waals surface area contributed by atoms with E-state index in [0.29, 0.717) is 16.1 Å². The highest BCUT2D eigenvalue weighted by atomic mass is 35.5. The third-order valence-electron chi connectivity index (χ3n) is 3.78. The number of rotatable bonds is 3. The third kappa shape index (κ3) is 3.22. The van der Waals surface area contributed by atoms with Gasteiger partial charge in [0.1, 0.15) is 5.82 Å². The maximum atomic E-state index is 13.4. The highest BCUT2D eigenvalue weighted by Gasteiger charge is 2.13. The zero-order valence-corrected chi connectivity index (χ0v) is 13.6. The Balaban J connectivity index is 1.83. The molecule has 0 atom stereocenters. The average molecular weight is 331 g/mol. The number of nitrogens with one attached hydrogen (secondary N) is 2. The lowest BCUT2D eigenvalue weighted by Crippen LogP contribution is -2.15. The van der Waals surface area contributed by atoms with Crippen molar-refractivity contribution in [1.82, 2.24) is 4.98 Å². The minimum Gasteiger partial charge on any atom is -0.361 e. The van der Waals surface area contributed by atoms with Crippen molar-refractivity contribution >= 4 is 34.1 Å². The van der Waals surface area contributed by atoms with Crippen LogP contribution in [0.2, 0.25) is 5.02 Å². The molecule has 0 aliphatic carbocycles. The SMILES string of the molecule is Cc1cc(C)c(NC(=O)Cc2c[nH]c3ccc(F)cc23)c(Cl)c1. The van der Waals surface area contributed by atoms with Crippen LogP contribution in [0, 0.1) is 19.7 Å². The minimum absolute atomic E-state index is 0.146. The van der Waals surface area contributed by atoms with Crippen LogP contribution < -0.4 is 5.32 Å². The largest absolute Gasteiger partial charge is 0.361 e. The summed E-state index contributed by atoms with van der Waals surface area (Å²) < 4.78 is 13.4. The Kier molecular flexibility index (Phi) is 4.09. The molecule has 0 radical (unpaired) electrons. The van der Waals surface area contributed by atoms with Crippen LogP contribution in [0.25, 0.3) is 10.9 Å². The molecule has 118 valence electrons. The second kappa shape index (κ2) is 6.05. The lowest BCUT2D eigenvalue weighted by Gasteiger charge is -2.11. The monoisotopic (exact) mass is 330 g/mol. The Hall–Kier alpha value is -2.33. The van der Waals surface area contributed by atoms with E-state index in [2.05, 4.69) is 10.3 Å². The van der Waals surface area contributed by atoms with Crippen LogP contribution in [-0.2, 0) is 11.2 Å². The maximum absolute atomic E-state index is 13.4. The summed E-state index contributed by atoms with van der Waals surface area (Å²) >= 11 is 6.21. The molecule has 0 unspecified atom stereocenters. The van der Waals surface area contributed by atoms with Gasteiger partial charge in [-0.15, -0.1) is 0 Å². The molecule has 1 aromatic heterocycles. The van der Waals surface area contributed by atoms with Gasteiger partial charge in [-0.2, -0.15) is 0 Å². The van der Waals surface area contributed by atoms with Crippen LogP contribution in [0.15, 0.2) is 36.5 Å². The standard InChI is InChI=1S/C18H16ClFN2O/c1-10-5-11(2)18(15(19)6-10)22-17(23)7-12-9-21-16-4-3-13(20)8-14(12)16/h3-6,8-9,21H,7H2,1-2H3,(H,22,23). The van der Waals surface area contributed by atoms with E-state index in [4.69, 9.17) is 11.6 Å². The van der Waals surface area contributed by atoms with Crippen LogP contribution in [0.5, 0.6) is 0 Å². The van der Waals surface area contributed by atoms with Crippen LogP contribution >= 0.6 is 11.6 Å². The Morgan fingerprint density at radius 2 is 2.04 bits per heavy atom. The van der Waals surface area contributed by atoms with Crippen molar-refractivity contribution in [3.05, 3.63) is 64.1 Å². The zero-order chi connectivity index (χ0) is 16.6. The van der Waals surface area contributed by atoms with Crippen molar-refractivity contribution in [3.63, 3.8) is 0 Å². The van der Waals surface area contributed by atoms with Gasteiger partial charge in [0.15, 0.2) is 0 Å². The fraction of sp³-hybridized carbons (Fsp3) is 0.167. The first kappa shape index (κ1) is 15.6. The van der Waals surface area contributed by atoms with Gasteiger partial charge in [-0.1, -0.05) is 17.7 Å². The number of aromatic amines is 1. The number of amides is 1. The van der Waals surface area contributed by atoms with Gasteiger partial charge in [0.05, 0.1) is 17.1 Å². The number of benzene rings is 2. The van der Waals surface area contributed by atoms with Crippen LogP contribution in [0.4, 0.5) is 10.1 Å². The van der Waals surface area contributed by atoms with Crippen molar-refractivity contribution in [2.45, 2.75) is 20.3 Å². The summed E-state index contributed by atoms with van der Waals surface area (Å²) in [5.74, 6) is -0.514. The predicted molar refractivity (Wildman–Crippen MR) is 91.5 cm³/mol. The number of aromatic nitrogens is 1. The number of aryl methyl sites for hydroxylation is 2. The first-order valence-electron chi connectivity index (χ1n) is 7.26. The highest BCUT2D eigenvalue weighted by molar-refractivity contribution is 6.34. The van der Waals surface area contributed by atoms with Gasteiger partial charge in [0, 0.05) is 17.1 Å². The summed E-state index contributed by atoms with van der Waals surface area (Å²) in [5.41, 5.74) is 4.12. The zero-order valence-electron chi connectivity index (χ0n) is 12.8. The number of hydrogen-bond donors (Lipinski definition) is 2. The normalized spacial score (nSPS) is 11.0. The summed E-state index contributed by atoms with van der Waals surface area (Å²) in [6.45, 7) is 3.85. The molecule has 23 heavy (non-hydrogen) atoms. The second-order valence-corrected chi connectivity index (χ2v) is 6.07. The lowest BCUT2D eigenvalue weighted by atomic mass is 10.1. The van der Waals surface area contributed by atoms with E-state index in [9.17, 15) is 9.18 Å². The molecule has 0 spiro atoms. The van der Waals surface area contributed by atoms with Crippen LogP contribution in [0.1, 0.15) is 16.7 Å². The number of H-pyrrole nitrogens is 1. The van der Waals surface area contributed by atoms with Crippen molar-refractivity contribution in [3.8, 4) is 0 Å². The van der Waals surface area contributed by atoms with Crippen molar-refractivity contribution in [2.75, 3.05) is 5.32 Å². The summed E-state index contributed by atoms with van der Waals surface area (Å²) in [5, 5.41) is 4.07. The van der Waals surface area contributed by atoms with Gasteiger partial charge in [-0.3, -0.25) is 4.79 Å². The van der Waals surface area contributed by atoms with E-state index in [-0.39, 0.29) is 18.1 Å². The smallest absolute Gasteiger partial charge is 0.228 e. The van der Waals surface area contributed by atoms with E-state index in [1.807, 2.05) is 26.0 Å². The molecular weight excluding hydrogens is 315 g/mol. The molecule has 3 nitrogen and oxygen atoms in total. The Labute approximate surface area is 138 Å². The molecule has 0 bridgehead atoms. The van der Waals surface area contributed by atoms with Crippen molar-refractivity contribution in [1.29, 1.82) is 0 Å². The van der Waals surface area contributed by atoms with Gasteiger partial charge < -0.3 is 10.3 Å². The number of fused-ring (bicyclic) bond motifs is 1. The molecule has 0 saturated carbocycles. The maximum Gasteiger partial charge on any atom is 0.228 e. The lowest BCUT2D eigenvalue weighted by molar-refractivity contribution is -0.115. The van der Waals surface area contributed by atoms with Gasteiger partial charge in [-0.05, 0) is 54.8 Å². The Morgan fingerprint density at radius 1 is 1.26 bits per heavy atom. The molecule has 2 aromatic carbocycles. The molecule has 2 N–H and O–H groups in total. The number of hydrogen-bond acceptors (Lipinski definition) is 1. The van der Waals surface area contributed by atoms with E-state index < -0.39 is 0 Å². The van der Waals surface area contributed by atoms with Crippen LogP contribution in [0.3, 0.4) is 0 Å². The number of carbonyl (C=O) groups is 1. The number of carbonyl (C=O) groups excluding carboxylic acids is 1. The van der Waals surface area contributed by atoms with Crippen LogP contribution in [-0.4, -0.2) is 10.9 Å². The van der Waals surface area contributed by atoms with E-state index in [0.717, 1.165) is 22.2 Å². The summed E-state index contributed by atoms with van der Waals surface area (Å²) in [6, 6.07) is 8.25. The van der Waals surface area contributed by atoms with Gasteiger partial charge >= 0.3 is 0 Å². The first-order chi connectivity index (χ1) is 10.9. The third-order valence-corrected chi connectivity index (χ3v) is 4.07. The second-order valence-electron chi connectivity index (χ2n) is 5.67. The number of anilines is 1. The summed E-state index contributed by atoms with van der Waals surface area (Å²) in [6.07, 6.45) is 1.88. The molecule has 5 heteroatoms. The molecule has 1 heterocycles. The van der Waals surface area contributed by atoms with E-state index in [1.165, 1.54) is 12.1 Å². The average Bonchev–Trinajstić information content (AvgIpc) is 2.85. The molecule has 0 fully saturated rings. The Morgan fingerprint density at radius 3 is 2.78 bits per heavy atom. The van der Waals surface area contributed by atoms with E-state index >= 15 is 0 Å². The molecule has 0 aliphatic rings. The molecule has 1 amide bonds. The van der Waals surface area contributed by atoms with Gasteiger partial charge in [0.2, 0.25) is 5.91 Å². The van der Waals surface area contributed by atoms with Crippen molar-refractivity contribution in [2.24, 2.45) is 0 Å². The minimum atomic E-state index is -0.323. The van der Waals surface area contributed by atoms with E-state index in [1.54, 1.807) is 12.3 Å². The van der Waals surface area contributed by atoms with Crippen molar-refractivity contribution < 1.29 is 9.18 Å². The molecular formula is C18H16ClFN2O. The quantitative estimate of drug-likeness (QED) is 0.714. The highest BCUT2D eigenvalue weighted by Crippen LogP contribution is 2.28.